The number of halogens is 8. The number of nitrogens with zero attached hydrogens (tertiary/aromatic N) is 8. The maximum atomic E-state index is 13.6. The molecule has 1 unspecified atom stereocenters. The van der Waals surface area contributed by atoms with Gasteiger partial charge in [-0.2, -0.15) is 26.3 Å². The van der Waals surface area contributed by atoms with Crippen molar-refractivity contribution in [3.05, 3.63) is 183 Å². The first-order chi connectivity index (χ1) is 35.1. The second kappa shape index (κ2) is 23.9. The summed E-state index contributed by atoms with van der Waals surface area (Å²) in [4.78, 5) is 76.6. The number of unbranched alkanes of at least 4 members (excludes halogenated alkanes) is 2. The predicted octanol–water partition coefficient (Wildman–Crippen LogP) is 10.1. The number of hydrogen-bond acceptors (Lipinski definition) is 12. The third-order valence-corrected chi connectivity index (χ3v) is 11.5. The molecule has 0 radical (unpaired) electrons. The lowest BCUT2D eigenvalue weighted by Crippen LogP contribution is -2.40. The molecule has 1 atom stereocenters. The molecule has 388 valence electrons. The molecule has 0 fully saturated rings. The van der Waals surface area contributed by atoms with Gasteiger partial charge in [0.15, 0.2) is 5.75 Å². The summed E-state index contributed by atoms with van der Waals surface area (Å²) in [7, 11) is 2.97. The summed E-state index contributed by atoms with van der Waals surface area (Å²) in [6.45, 7) is 4.30. The van der Waals surface area contributed by atoms with E-state index in [9.17, 15) is 55.4 Å². The number of fused-ring (bicyclic) bond motifs is 2. The van der Waals surface area contributed by atoms with Crippen molar-refractivity contribution in [2.24, 2.45) is 14.1 Å². The maximum Gasteiger partial charge on any atom is 0.433 e. The summed E-state index contributed by atoms with van der Waals surface area (Å²) in [5.74, 6) is 0.0428. The average Bonchev–Trinajstić information content (AvgIpc) is 3.37. The monoisotopic (exact) mass is 1070 g/mol. The Kier molecular flexibility index (Phi) is 18.0. The Bertz CT molecular complexity index is 3510. The van der Waals surface area contributed by atoms with Crippen molar-refractivity contribution in [1.82, 2.24) is 38.2 Å². The molecule has 1 N–H and O–H groups in total. The molecule has 74 heavy (non-hydrogen) atoms. The Labute approximate surface area is 425 Å². The van der Waals surface area contributed by atoms with E-state index in [1.807, 2.05) is 13.8 Å². The SMILES string of the molecule is CCCCn1c(=O)c2c(C(O)c3ccc(Cl)cc3)c(Oc3ccc(C(F)(F)F)nc3)cnc2n(C)c1=O.CCCCn1c(=O)c2cc(Oc3ccc(C(F)(F)F)nc3)cnc2n(C)c1=O.O=Cc1ccc(Cl)cc1. The average molecular weight is 1070 g/mol. The number of aliphatic hydroxyl groups excluding tert-OH is 1. The van der Waals surface area contributed by atoms with E-state index in [4.69, 9.17) is 32.7 Å². The summed E-state index contributed by atoms with van der Waals surface area (Å²) in [5, 5.41) is 12.6. The van der Waals surface area contributed by atoms with Crippen LogP contribution in [-0.4, -0.2) is 49.6 Å². The molecule has 2 aromatic carbocycles. The van der Waals surface area contributed by atoms with Crippen LogP contribution in [0.3, 0.4) is 0 Å². The molecule has 0 bridgehead atoms. The van der Waals surface area contributed by atoms with E-state index >= 15 is 0 Å². The Morgan fingerprint density at radius 3 is 1.58 bits per heavy atom. The van der Waals surface area contributed by atoms with Crippen LogP contribution in [0.1, 0.15) is 78.5 Å². The molecule has 16 nitrogen and oxygen atoms in total. The number of aliphatic hydroxyl groups is 1. The summed E-state index contributed by atoms with van der Waals surface area (Å²) in [5.41, 5.74) is -3.10. The van der Waals surface area contributed by atoms with Crippen molar-refractivity contribution < 1.29 is 45.7 Å². The number of carbonyl (C=O) groups excluding carboxylic acids is 1. The molecule has 0 aliphatic carbocycles. The quantitative estimate of drug-likeness (QED) is 0.0849. The van der Waals surface area contributed by atoms with Gasteiger partial charge in [0.1, 0.15) is 52.3 Å². The van der Waals surface area contributed by atoms with E-state index in [-0.39, 0.29) is 63.7 Å². The van der Waals surface area contributed by atoms with Crippen molar-refractivity contribution in [3.8, 4) is 23.0 Å². The van der Waals surface area contributed by atoms with Gasteiger partial charge >= 0.3 is 23.7 Å². The Hall–Kier alpha value is -7.69. The van der Waals surface area contributed by atoms with Gasteiger partial charge in [0.25, 0.3) is 11.1 Å². The number of aldehydes is 1. The smallest absolute Gasteiger partial charge is 0.433 e. The van der Waals surface area contributed by atoms with Gasteiger partial charge in [-0.15, -0.1) is 0 Å². The molecule has 0 saturated carbocycles. The van der Waals surface area contributed by atoms with Crippen LogP contribution in [0.2, 0.25) is 10.0 Å². The summed E-state index contributed by atoms with van der Waals surface area (Å²) >= 11 is 11.5. The summed E-state index contributed by atoms with van der Waals surface area (Å²) in [6, 6.07) is 18.1. The van der Waals surface area contributed by atoms with Crippen LogP contribution < -0.4 is 32.0 Å². The molecule has 0 saturated heterocycles. The van der Waals surface area contributed by atoms with Crippen LogP contribution in [-0.2, 0) is 39.5 Å². The number of rotatable bonds is 13. The normalized spacial score (nSPS) is 11.9. The zero-order chi connectivity index (χ0) is 54.1. The zero-order valence-corrected chi connectivity index (χ0v) is 41.1. The number of aromatic nitrogens is 8. The second-order valence-electron chi connectivity index (χ2n) is 16.2. The number of benzene rings is 2. The number of hydrogen-bond donors (Lipinski definition) is 1. The van der Waals surface area contributed by atoms with Crippen molar-refractivity contribution in [1.29, 1.82) is 0 Å². The van der Waals surface area contributed by atoms with Crippen LogP contribution in [0.5, 0.6) is 23.0 Å². The minimum absolute atomic E-state index is 0.00179. The molecule has 0 aliphatic heterocycles. The van der Waals surface area contributed by atoms with Crippen LogP contribution in [0.4, 0.5) is 26.3 Å². The van der Waals surface area contributed by atoms with E-state index in [0.29, 0.717) is 34.0 Å². The minimum atomic E-state index is -4.63. The highest BCUT2D eigenvalue weighted by molar-refractivity contribution is 6.30. The fourth-order valence-corrected chi connectivity index (χ4v) is 7.34. The van der Waals surface area contributed by atoms with E-state index in [1.54, 1.807) is 48.5 Å². The van der Waals surface area contributed by atoms with Crippen LogP contribution in [0.25, 0.3) is 22.1 Å². The van der Waals surface area contributed by atoms with Crippen LogP contribution in [0, 0.1) is 0 Å². The first kappa shape index (κ1) is 55.6. The topological polar surface area (TPSA) is 195 Å². The van der Waals surface area contributed by atoms with E-state index in [0.717, 1.165) is 64.9 Å². The molecule has 24 heteroatoms. The first-order valence-corrected chi connectivity index (χ1v) is 23.1. The maximum absolute atomic E-state index is 13.6. The zero-order valence-electron chi connectivity index (χ0n) is 39.6. The summed E-state index contributed by atoms with van der Waals surface area (Å²) < 4.78 is 92.5. The van der Waals surface area contributed by atoms with E-state index < -0.39 is 52.3 Å². The number of carbonyl (C=O) groups is 1. The van der Waals surface area contributed by atoms with Crippen molar-refractivity contribution in [2.75, 3.05) is 0 Å². The lowest BCUT2D eigenvalue weighted by atomic mass is 9.98. The van der Waals surface area contributed by atoms with Crippen LogP contribution >= 0.6 is 23.2 Å². The molecular weight excluding hydrogens is 1030 g/mol. The highest BCUT2D eigenvalue weighted by Crippen LogP contribution is 2.37. The first-order valence-electron chi connectivity index (χ1n) is 22.4. The lowest BCUT2D eigenvalue weighted by molar-refractivity contribution is -0.142. The van der Waals surface area contributed by atoms with Gasteiger partial charge in [0.2, 0.25) is 0 Å². The van der Waals surface area contributed by atoms with E-state index in [2.05, 4.69) is 19.9 Å². The Morgan fingerprint density at radius 1 is 0.622 bits per heavy atom. The van der Waals surface area contributed by atoms with Gasteiger partial charge in [0.05, 0.1) is 35.6 Å². The fourth-order valence-electron chi connectivity index (χ4n) is 7.09. The molecule has 6 aromatic heterocycles. The predicted molar refractivity (Wildman–Crippen MR) is 263 cm³/mol. The molecule has 0 amide bonds. The Morgan fingerprint density at radius 2 is 1.09 bits per heavy atom. The lowest BCUT2D eigenvalue weighted by Gasteiger charge is -2.20. The highest BCUT2D eigenvalue weighted by atomic mass is 35.5. The molecule has 8 aromatic rings. The van der Waals surface area contributed by atoms with Crippen molar-refractivity contribution in [2.45, 2.75) is 71.1 Å². The molecule has 6 heterocycles. The van der Waals surface area contributed by atoms with Gasteiger partial charge in [-0.05, 0) is 73.0 Å². The van der Waals surface area contributed by atoms with Crippen molar-refractivity contribution in [3.63, 3.8) is 0 Å². The Balaban J connectivity index is 0.000000211. The number of aryl methyl sites for hydroxylation is 2. The van der Waals surface area contributed by atoms with Gasteiger partial charge in [-0.3, -0.25) is 32.7 Å². The number of ether oxygens (including phenoxy) is 2. The van der Waals surface area contributed by atoms with Crippen LogP contribution in [0.15, 0.2) is 123 Å². The third-order valence-electron chi connectivity index (χ3n) is 11.0. The van der Waals surface area contributed by atoms with Gasteiger partial charge in [-0.1, -0.05) is 74.2 Å². The second-order valence-corrected chi connectivity index (χ2v) is 17.0. The van der Waals surface area contributed by atoms with Gasteiger partial charge < -0.3 is 14.6 Å². The number of alkyl halides is 6. The fraction of sp³-hybridized carbons (Fsp3) is 0.260. The molecule has 0 aliphatic rings. The molecular formula is C50H44Cl2F6N8O8. The minimum Gasteiger partial charge on any atom is -0.454 e. The largest absolute Gasteiger partial charge is 0.454 e. The molecule has 8 rings (SSSR count). The summed E-state index contributed by atoms with van der Waals surface area (Å²) in [6.07, 6.45) is -2.73. The number of pyridine rings is 4. The van der Waals surface area contributed by atoms with Crippen molar-refractivity contribution >= 4 is 51.6 Å². The van der Waals surface area contributed by atoms with Gasteiger partial charge in [0, 0.05) is 48.4 Å². The van der Waals surface area contributed by atoms with Gasteiger partial charge in [-0.25, -0.2) is 29.5 Å². The highest BCUT2D eigenvalue weighted by Gasteiger charge is 2.33. The third kappa shape index (κ3) is 13.1. The van der Waals surface area contributed by atoms with E-state index in [1.165, 1.54) is 41.7 Å². The molecule has 0 spiro atoms. The standard InChI is InChI=1S/C25H22ClF3N4O4.C18H17F3N4O3.C7H5ClO/c1-3-4-11-33-23(35)20-19(21(34)14-5-7-15(26)8-6-14)17(13-31-22(20)32(2)24(33)36)37-16-9-10-18(30-12-16)25(27,28)29;1-3-4-7-25-16(26)13-8-12(10-23-15(13)24(2)17(25)27)28-11-5-6-14(22-9-11)18(19,20)21;8-7-3-1-6(5-9)2-4-7/h5-10,12-13,21,34H,3-4,11H2,1-2H3;5-6,8-10H,3-4,7H2,1-2H3;1-5H.